The Labute approximate surface area is 163 Å². The molecule has 0 radical (unpaired) electrons. The Balaban J connectivity index is 1.41. The number of carbonyl (C=O) groups is 2. The number of aromatic nitrogens is 3. The summed E-state index contributed by atoms with van der Waals surface area (Å²) in [5, 5.41) is 4.24. The van der Waals surface area contributed by atoms with Crippen LogP contribution in [0.1, 0.15) is 70.0 Å². The summed E-state index contributed by atoms with van der Waals surface area (Å²) >= 11 is 0. The van der Waals surface area contributed by atoms with Crippen molar-refractivity contribution >= 4 is 17.4 Å². The number of benzene rings is 1. The standard InChI is InChI=1S/C22H23N3O3/c1-15-20(21-23-12-5-13-25(21)24-15)22(27)28-14-19(26)18-10-8-17(9-11-18)16-6-3-2-4-7-16/h5,8-13,16H,2-4,6-7,14H2,1H3. The highest BCUT2D eigenvalue weighted by Crippen LogP contribution is 2.32. The molecule has 0 atom stereocenters. The summed E-state index contributed by atoms with van der Waals surface area (Å²) < 4.78 is 6.78. The van der Waals surface area contributed by atoms with Gasteiger partial charge in [0.05, 0.1) is 5.69 Å². The molecule has 1 aliphatic carbocycles. The van der Waals surface area contributed by atoms with E-state index in [9.17, 15) is 9.59 Å². The van der Waals surface area contributed by atoms with Crippen LogP contribution in [0.15, 0.2) is 42.7 Å². The number of hydrogen-bond acceptors (Lipinski definition) is 5. The summed E-state index contributed by atoms with van der Waals surface area (Å²) in [4.78, 5) is 29.1. The topological polar surface area (TPSA) is 73.6 Å². The van der Waals surface area contributed by atoms with Crippen molar-refractivity contribution in [2.75, 3.05) is 6.61 Å². The predicted octanol–water partition coefficient (Wildman–Crippen LogP) is 4.13. The fourth-order valence-electron chi connectivity index (χ4n) is 3.90. The van der Waals surface area contributed by atoms with Crippen LogP contribution in [-0.2, 0) is 4.74 Å². The van der Waals surface area contributed by atoms with Crippen molar-refractivity contribution < 1.29 is 14.3 Å². The van der Waals surface area contributed by atoms with Gasteiger partial charge in [-0.2, -0.15) is 5.10 Å². The van der Waals surface area contributed by atoms with Gasteiger partial charge in [-0.1, -0.05) is 43.5 Å². The number of rotatable bonds is 5. The molecule has 0 saturated heterocycles. The molecule has 2 aromatic heterocycles. The molecule has 1 aliphatic rings. The maximum atomic E-state index is 12.5. The van der Waals surface area contributed by atoms with Gasteiger partial charge in [0.25, 0.3) is 0 Å². The maximum Gasteiger partial charge on any atom is 0.344 e. The van der Waals surface area contributed by atoms with Crippen molar-refractivity contribution in [2.45, 2.75) is 44.9 Å². The Morgan fingerprint density at radius 3 is 2.64 bits per heavy atom. The van der Waals surface area contributed by atoms with Crippen molar-refractivity contribution in [1.82, 2.24) is 14.6 Å². The van der Waals surface area contributed by atoms with E-state index in [2.05, 4.69) is 10.1 Å². The van der Waals surface area contributed by atoms with Crippen LogP contribution in [0.2, 0.25) is 0 Å². The van der Waals surface area contributed by atoms with Crippen molar-refractivity contribution in [3.8, 4) is 0 Å². The van der Waals surface area contributed by atoms with Crippen molar-refractivity contribution in [1.29, 1.82) is 0 Å². The summed E-state index contributed by atoms with van der Waals surface area (Å²) in [6.45, 7) is 1.42. The number of esters is 1. The largest absolute Gasteiger partial charge is 0.454 e. The Morgan fingerprint density at radius 1 is 1.14 bits per heavy atom. The van der Waals surface area contributed by atoms with Crippen LogP contribution in [0.4, 0.5) is 0 Å². The van der Waals surface area contributed by atoms with Crippen LogP contribution in [0.3, 0.4) is 0 Å². The van der Waals surface area contributed by atoms with Gasteiger partial charge in [-0.25, -0.2) is 14.3 Å². The third-order valence-electron chi connectivity index (χ3n) is 5.42. The molecule has 0 unspecified atom stereocenters. The van der Waals surface area contributed by atoms with Gasteiger partial charge in [-0.05, 0) is 37.3 Å². The summed E-state index contributed by atoms with van der Waals surface area (Å²) in [7, 11) is 0. The lowest BCUT2D eigenvalue weighted by atomic mass is 9.84. The molecule has 0 bridgehead atoms. The van der Waals surface area contributed by atoms with Crippen molar-refractivity contribution in [3.05, 3.63) is 65.1 Å². The lowest BCUT2D eigenvalue weighted by Crippen LogP contribution is -2.15. The second-order valence-electron chi connectivity index (χ2n) is 7.30. The van der Waals surface area contributed by atoms with Crippen LogP contribution >= 0.6 is 0 Å². The molecule has 1 aromatic carbocycles. The highest BCUT2D eigenvalue weighted by atomic mass is 16.5. The second-order valence-corrected chi connectivity index (χ2v) is 7.30. The fraction of sp³-hybridized carbons (Fsp3) is 0.364. The Morgan fingerprint density at radius 2 is 1.89 bits per heavy atom. The molecule has 4 rings (SSSR count). The van der Waals surface area contributed by atoms with Crippen LogP contribution in [0.25, 0.3) is 5.65 Å². The van der Waals surface area contributed by atoms with E-state index >= 15 is 0 Å². The first-order chi connectivity index (χ1) is 13.6. The number of nitrogens with zero attached hydrogens (tertiary/aromatic N) is 3. The van der Waals surface area contributed by atoms with E-state index in [4.69, 9.17) is 4.74 Å². The Bertz CT molecular complexity index is 1000. The van der Waals surface area contributed by atoms with Gasteiger partial charge in [0.2, 0.25) is 0 Å². The lowest BCUT2D eigenvalue weighted by Gasteiger charge is -2.22. The molecular weight excluding hydrogens is 354 g/mol. The quantitative estimate of drug-likeness (QED) is 0.494. The molecule has 0 aliphatic heterocycles. The van der Waals surface area contributed by atoms with E-state index in [1.54, 1.807) is 25.4 Å². The van der Waals surface area contributed by atoms with Gasteiger partial charge in [-0.3, -0.25) is 4.79 Å². The van der Waals surface area contributed by atoms with Gasteiger partial charge < -0.3 is 4.74 Å². The third kappa shape index (κ3) is 3.67. The van der Waals surface area contributed by atoms with Gasteiger partial charge in [0.15, 0.2) is 18.0 Å². The molecular formula is C22H23N3O3. The van der Waals surface area contributed by atoms with E-state index in [0.29, 0.717) is 28.4 Å². The van der Waals surface area contributed by atoms with Crippen LogP contribution < -0.4 is 0 Å². The average Bonchev–Trinajstić information content (AvgIpc) is 3.08. The van der Waals surface area contributed by atoms with E-state index < -0.39 is 5.97 Å². The summed E-state index contributed by atoms with van der Waals surface area (Å²) in [5.41, 5.74) is 3.09. The smallest absolute Gasteiger partial charge is 0.344 e. The zero-order chi connectivity index (χ0) is 19.5. The molecule has 0 amide bonds. The molecule has 3 aromatic rings. The van der Waals surface area contributed by atoms with E-state index in [-0.39, 0.29) is 12.4 Å². The average molecular weight is 377 g/mol. The summed E-state index contributed by atoms with van der Waals surface area (Å²) in [6, 6.07) is 9.47. The minimum Gasteiger partial charge on any atom is -0.454 e. The zero-order valence-corrected chi connectivity index (χ0v) is 15.9. The highest BCUT2D eigenvalue weighted by Gasteiger charge is 2.21. The first kappa shape index (κ1) is 18.3. The molecule has 1 saturated carbocycles. The monoisotopic (exact) mass is 377 g/mol. The number of ether oxygens (including phenoxy) is 1. The molecule has 144 valence electrons. The molecule has 6 heteroatoms. The minimum absolute atomic E-state index is 0.217. The van der Waals surface area contributed by atoms with Gasteiger partial charge >= 0.3 is 5.97 Å². The third-order valence-corrected chi connectivity index (χ3v) is 5.42. The van der Waals surface area contributed by atoms with E-state index in [0.717, 1.165) is 0 Å². The molecule has 6 nitrogen and oxygen atoms in total. The number of Topliss-reactive ketones (excluding diaryl/α,β-unsaturated/α-hetero) is 1. The second kappa shape index (κ2) is 7.92. The van der Waals surface area contributed by atoms with Crippen LogP contribution in [-0.4, -0.2) is 33.0 Å². The normalized spacial score (nSPS) is 14.9. The zero-order valence-electron chi connectivity index (χ0n) is 15.9. The minimum atomic E-state index is -0.585. The fourth-order valence-corrected chi connectivity index (χ4v) is 3.90. The number of hydrogen-bond donors (Lipinski definition) is 0. The molecule has 0 spiro atoms. The Kier molecular flexibility index (Phi) is 5.19. The number of ketones is 1. The van der Waals surface area contributed by atoms with E-state index in [1.807, 2.05) is 24.3 Å². The maximum absolute atomic E-state index is 12.5. The number of fused-ring (bicyclic) bond motifs is 1. The highest BCUT2D eigenvalue weighted by molar-refractivity contribution is 6.01. The predicted molar refractivity (Wildman–Crippen MR) is 105 cm³/mol. The molecule has 28 heavy (non-hydrogen) atoms. The molecule has 2 heterocycles. The number of carbonyl (C=O) groups excluding carboxylic acids is 2. The van der Waals surface area contributed by atoms with Crippen molar-refractivity contribution in [2.24, 2.45) is 0 Å². The summed E-state index contributed by atoms with van der Waals surface area (Å²) in [5.74, 6) is -0.203. The molecule has 1 fully saturated rings. The van der Waals surface area contributed by atoms with Gasteiger partial charge in [0.1, 0.15) is 5.56 Å². The summed E-state index contributed by atoms with van der Waals surface area (Å²) in [6.07, 6.45) is 9.62. The van der Waals surface area contributed by atoms with Crippen LogP contribution in [0, 0.1) is 6.92 Å². The van der Waals surface area contributed by atoms with Gasteiger partial charge in [0, 0.05) is 18.0 Å². The SMILES string of the molecule is Cc1nn2cccnc2c1C(=O)OCC(=O)c1ccc(C2CCCCC2)cc1. The number of aryl methyl sites for hydroxylation is 1. The Hall–Kier alpha value is -3.02. The first-order valence-electron chi connectivity index (χ1n) is 9.74. The van der Waals surface area contributed by atoms with Crippen LogP contribution in [0.5, 0.6) is 0 Å². The lowest BCUT2D eigenvalue weighted by molar-refractivity contribution is 0.0475. The van der Waals surface area contributed by atoms with Gasteiger partial charge in [-0.15, -0.1) is 0 Å². The van der Waals surface area contributed by atoms with Crippen molar-refractivity contribution in [3.63, 3.8) is 0 Å². The van der Waals surface area contributed by atoms with E-state index in [1.165, 1.54) is 42.2 Å². The molecule has 0 N–H and O–H groups in total. The first-order valence-corrected chi connectivity index (χ1v) is 9.74.